The predicted molar refractivity (Wildman–Crippen MR) is 117 cm³/mol. The van der Waals surface area contributed by atoms with Gasteiger partial charge in [0.15, 0.2) is 10.8 Å². The summed E-state index contributed by atoms with van der Waals surface area (Å²) in [6.45, 7) is 4.34. The second-order valence-electron chi connectivity index (χ2n) is 6.87. The van der Waals surface area contributed by atoms with Crippen LogP contribution in [0.1, 0.15) is 19.8 Å². The van der Waals surface area contributed by atoms with Gasteiger partial charge in [-0.05, 0) is 43.0 Å². The fourth-order valence-corrected chi connectivity index (χ4v) is 5.24. The summed E-state index contributed by atoms with van der Waals surface area (Å²) in [5.74, 6) is 0.855. The minimum absolute atomic E-state index is 0.0892. The van der Waals surface area contributed by atoms with Crippen molar-refractivity contribution >= 4 is 61.8 Å². The molecule has 1 atom stereocenters. The Kier molecular flexibility index (Phi) is 5.99. The molecule has 1 amide bonds. The van der Waals surface area contributed by atoms with Crippen molar-refractivity contribution in [3.8, 4) is 0 Å². The van der Waals surface area contributed by atoms with Gasteiger partial charge in [-0.1, -0.05) is 41.6 Å². The fourth-order valence-electron chi connectivity index (χ4n) is 3.19. The molecule has 0 unspecified atom stereocenters. The van der Waals surface area contributed by atoms with E-state index in [9.17, 15) is 4.79 Å². The average Bonchev–Trinajstić information content (AvgIpc) is 3.13. The van der Waals surface area contributed by atoms with Crippen LogP contribution in [0.25, 0.3) is 10.3 Å². The average molecular weight is 434 g/mol. The molecule has 1 aliphatic heterocycles. The number of benzene rings is 1. The quantitative estimate of drug-likeness (QED) is 0.464. The van der Waals surface area contributed by atoms with E-state index in [2.05, 4.69) is 27.1 Å². The number of hydrogen-bond acceptors (Lipinski definition) is 7. The number of nitrogens with one attached hydrogen (secondary N) is 1. The van der Waals surface area contributed by atoms with Crippen molar-refractivity contribution in [2.75, 3.05) is 29.1 Å². The number of aromatic nitrogens is 3. The first-order valence-electron chi connectivity index (χ1n) is 9.13. The number of carbonyl (C=O) groups excluding carboxylic acids is 1. The molecule has 0 saturated carbocycles. The number of carbonyl (C=O) groups is 1. The van der Waals surface area contributed by atoms with E-state index in [1.165, 1.54) is 30.9 Å². The Balaban J connectivity index is 1.44. The van der Waals surface area contributed by atoms with Crippen LogP contribution >= 0.6 is 34.7 Å². The molecule has 1 fully saturated rings. The van der Waals surface area contributed by atoms with Gasteiger partial charge in [-0.3, -0.25) is 4.79 Å². The molecule has 1 saturated heterocycles. The van der Waals surface area contributed by atoms with Gasteiger partial charge >= 0.3 is 0 Å². The maximum atomic E-state index is 12.3. The topological polar surface area (TPSA) is 71.0 Å². The van der Waals surface area contributed by atoms with Crippen molar-refractivity contribution in [3.05, 3.63) is 35.6 Å². The van der Waals surface area contributed by atoms with Gasteiger partial charge in [0.25, 0.3) is 0 Å². The Morgan fingerprint density at radius 1 is 1.36 bits per heavy atom. The van der Waals surface area contributed by atoms with Gasteiger partial charge in [0, 0.05) is 23.8 Å². The molecular formula is C19H20ClN5OS2. The molecule has 3 heterocycles. The molecule has 6 nitrogen and oxygen atoms in total. The molecule has 28 heavy (non-hydrogen) atoms. The first kappa shape index (κ1) is 19.4. The molecule has 0 radical (unpaired) electrons. The third-order valence-electron chi connectivity index (χ3n) is 4.54. The highest BCUT2D eigenvalue weighted by molar-refractivity contribution is 8.00. The lowest BCUT2D eigenvalue weighted by Gasteiger charge is -2.30. The first-order chi connectivity index (χ1) is 13.6. The van der Waals surface area contributed by atoms with Crippen LogP contribution in [-0.2, 0) is 4.79 Å². The molecule has 1 N–H and O–H groups in total. The highest BCUT2D eigenvalue weighted by atomic mass is 35.5. The smallest absolute Gasteiger partial charge is 0.234 e. The summed E-state index contributed by atoms with van der Waals surface area (Å²) < 4.78 is 0.944. The Labute approximate surface area is 176 Å². The molecule has 2 aromatic heterocycles. The van der Waals surface area contributed by atoms with Gasteiger partial charge in [0.1, 0.15) is 16.1 Å². The molecule has 146 valence electrons. The number of piperidine rings is 1. The third-order valence-corrected chi connectivity index (χ3v) is 7.03. The molecule has 1 aliphatic rings. The molecule has 3 aromatic rings. The van der Waals surface area contributed by atoms with Gasteiger partial charge in [0.05, 0.1) is 5.75 Å². The van der Waals surface area contributed by atoms with E-state index in [1.807, 2.05) is 0 Å². The van der Waals surface area contributed by atoms with E-state index in [4.69, 9.17) is 16.6 Å². The largest absolute Gasteiger partial charge is 0.348 e. The summed E-state index contributed by atoms with van der Waals surface area (Å²) in [7, 11) is 0. The van der Waals surface area contributed by atoms with E-state index in [-0.39, 0.29) is 11.7 Å². The zero-order chi connectivity index (χ0) is 19.5. The van der Waals surface area contributed by atoms with Crippen LogP contribution in [0.4, 0.5) is 10.8 Å². The van der Waals surface area contributed by atoms with E-state index in [0.29, 0.717) is 16.6 Å². The van der Waals surface area contributed by atoms with E-state index >= 15 is 0 Å². The van der Waals surface area contributed by atoms with E-state index < -0.39 is 0 Å². The molecule has 0 spiro atoms. The predicted octanol–water partition coefficient (Wildman–Crippen LogP) is 4.71. The highest BCUT2D eigenvalue weighted by Crippen LogP contribution is 2.35. The highest BCUT2D eigenvalue weighted by Gasteiger charge is 2.21. The lowest BCUT2D eigenvalue weighted by atomic mass is 10.0. The van der Waals surface area contributed by atoms with E-state index in [0.717, 1.165) is 33.6 Å². The zero-order valence-corrected chi connectivity index (χ0v) is 17.8. The molecule has 4 rings (SSSR count). The number of thioether (sulfide) groups is 1. The van der Waals surface area contributed by atoms with Gasteiger partial charge < -0.3 is 10.2 Å². The second-order valence-corrected chi connectivity index (χ2v) is 9.24. The van der Waals surface area contributed by atoms with Gasteiger partial charge in [-0.25, -0.2) is 9.97 Å². The van der Waals surface area contributed by atoms with Crippen molar-refractivity contribution in [1.29, 1.82) is 0 Å². The van der Waals surface area contributed by atoms with Crippen molar-refractivity contribution in [2.24, 2.45) is 5.92 Å². The number of hydrogen-bond donors (Lipinski definition) is 1. The normalized spacial score (nSPS) is 17.1. The maximum absolute atomic E-state index is 12.3. The number of rotatable bonds is 5. The maximum Gasteiger partial charge on any atom is 0.234 e. The summed E-state index contributed by atoms with van der Waals surface area (Å²) in [5, 5.41) is 5.30. The summed E-state index contributed by atoms with van der Waals surface area (Å²) in [5.41, 5.74) is 1.43. The number of halogens is 1. The monoisotopic (exact) mass is 433 g/mol. The second kappa shape index (κ2) is 8.63. The molecule has 0 aliphatic carbocycles. The Morgan fingerprint density at radius 2 is 2.18 bits per heavy atom. The van der Waals surface area contributed by atoms with Gasteiger partial charge in [-0.15, -0.1) is 0 Å². The molecular weight excluding hydrogens is 414 g/mol. The number of amides is 1. The number of fused-ring (bicyclic) bond motifs is 1. The molecule has 9 heteroatoms. The minimum Gasteiger partial charge on any atom is -0.348 e. The van der Waals surface area contributed by atoms with Crippen LogP contribution in [0, 0.1) is 5.92 Å². The summed E-state index contributed by atoms with van der Waals surface area (Å²) in [6.07, 6.45) is 3.98. The van der Waals surface area contributed by atoms with E-state index in [1.54, 1.807) is 35.6 Å². The lowest BCUT2D eigenvalue weighted by molar-refractivity contribution is -0.113. The van der Waals surface area contributed by atoms with Gasteiger partial charge in [-0.2, -0.15) is 4.98 Å². The number of nitrogens with zero attached hydrogens (tertiary/aromatic N) is 4. The Morgan fingerprint density at radius 3 is 2.96 bits per heavy atom. The summed E-state index contributed by atoms with van der Waals surface area (Å²) in [4.78, 5) is 28.0. The summed E-state index contributed by atoms with van der Waals surface area (Å²) in [6, 6.07) is 7.06. The lowest BCUT2D eigenvalue weighted by Crippen LogP contribution is -2.34. The first-order valence-corrected chi connectivity index (χ1v) is 11.3. The third kappa shape index (κ3) is 4.56. The van der Waals surface area contributed by atoms with Crippen LogP contribution in [0.2, 0.25) is 5.02 Å². The Hall–Kier alpha value is -1.90. The number of anilines is 2. The van der Waals surface area contributed by atoms with Crippen LogP contribution in [-0.4, -0.2) is 39.7 Å². The van der Waals surface area contributed by atoms with Crippen molar-refractivity contribution in [2.45, 2.75) is 24.8 Å². The molecule has 1 aromatic carbocycles. The van der Waals surface area contributed by atoms with Crippen molar-refractivity contribution < 1.29 is 4.79 Å². The number of thiazole rings is 1. The standard InChI is InChI=1S/C19H20ClN5OS2/c1-12-3-2-8-25(9-12)19-24-17-16(28-19)18(22-11-21-17)27-10-15(26)23-14-6-4-13(20)5-7-14/h4-7,11-12H,2-3,8-10H2,1H3,(H,23,26)/t12-/m0/s1. The van der Waals surface area contributed by atoms with Crippen molar-refractivity contribution in [1.82, 2.24) is 15.0 Å². The van der Waals surface area contributed by atoms with Gasteiger partial charge in [0.2, 0.25) is 5.91 Å². The Bertz CT molecular complexity index is 978. The van der Waals surface area contributed by atoms with Crippen LogP contribution < -0.4 is 10.2 Å². The molecule has 0 bridgehead atoms. The van der Waals surface area contributed by atoms with Crippen LogP contribution in [0.3, 0.4) is 0 Å². The fraction of sp³-hybridized carbons (Fsp3) is 0.368. The minimum atomic E-state index is -0.0892. The zero-order valence-electron chi connectivity index (χ0n) is 15.4. The van der Waals surface area contributed by atoms with Crippen LogP contribution in [0.15, 0.2) is 35.6 Å². The van der Waals surface area contributed by atoms with Crippen molar-refractivity contribution in [3.63, 3.8) is 0 Å². The van der Waals surface area contributed by atoms with Crippen LogP contribution in [0.5, 0.6) is 0 Å². The SMILES string of the molecule is C[C@H]1CCCN(c2nc3ncnc(SCC(=O)Nc4ccc(Cl)cc4)c3s2)C1. The summed E-state index contributed by atoms with van der Waals surface area (Å²) >= 11 is 8.89.